The first-order valence-electron chi connectivity index (χ1n) is 7.20. The maximum atomic E-state index is 12.5. The van der Waals surface area contributed by atoms with Crippen LogP contribution in [0.3, 0.4) is 0 Å². The predicted molar refractivity (Wildman–Crippen MR) is 84.0 cm³/mol. The SMILES string of the molecule is CC(C)C(N)CCN(C)C(=O)c1ccc(S(=O)(=O)C(F)F)cc1. The van der Waals surface area contributed by atoms with E-state index in [1.807, 2.05) is 13.8 Å². The van der Waals surface area contributed by atoms with Crippen LogP contribution in [0.2, 0.25) is 0 Å². The van der Waals surface area contributed by atoms with Crippen molar-refractivity contribution in [3.8, 4) is 0 Å². The van der Waals surface area contributed by atoms with E-state index in [1.165, 1.54) is 17.0 Å². The minimum Gasteiger partial charge on any atom is -0.342 e. The second kappa shape index (κ2) is 7.83. The van der Waals surface area contributed by atoms with Crippen LogP contribution >= 0.6 is 0 Å². The fourth-order valence-corrected chi connectivity index (χ4v) is 2.61. The van der Waals surface area contributed by atoms with E-state index in [-0.39, 0.29) is 17.5 Å². The predicted octanol–water partition coefficient (Wildman–Crippen LogP) is 2.13. The highest BCUT2D eigenvalue weighted by Crippen LogP contribution is 2.19. The van der Waals surface area contributed by atoms with Crippen molar-refractivity contribution in [3.63, 3.8) is 0 Å². The van der Waals surface area contributed by atoms with Gasteiger partial charge in [-0.25, -0.2) is 8.42 Å². The summed E-state index contributed by atoms with van der Waals surface area (Å²) < 4.78 is 47.6. The second-order valence-electron chi connectivity index (χ2n) is 5.75. The fraction of sp³-hybridized carbons (Fsp3) is 0.533. The van der Waals surface area contributed by atoms with Crippen molar-refractivity contribution < 1.29 is 22.0 Å². The van der Waals surface area contributed by atoms with Gasteiger partial charge in [0.2, 0.25) is 9.84 Å². The van der Waals surface area contributed by atoms with Crippen molar-refractivity contribution in [2.24, 2.45) is 11.7 Å². The van der Waals surface area contributed by atoms with Gasteiger partial charge < -0.3 is 10.6 Å². The van der Waals surface area contributed by atoms with E-state index in [1.54, 1.807) is 7.05 Å². The summed E-state index contributed by atoms with van der Waals surface area (Å²) in [7, 11) is -3.04. The van der Waals surface area contributed by atoms with Crippen LogP contribution in [-0.4, -0.2) is 44.6 Å². The molecule has 0 aromatic heterocycles. The lowest BCUT2D eigenvalue weighted by molar-refractivity contribution is 0.0789. The highest BCUT2D eigenvalue weighted by atomic mass is 32.2. The van der Waals surface area contributed by atoms with Crippen LogP contribution in [0.4, 0.5) is 8.78 Å². The molecule has 0 radical (unpaired) electrons. The number of hydrogen-bond acceptors (Lipinski definition) is 4. The summed E-state index contributed by atoms with van der Waals surface area (Å²) in [6.45, 7) is 4.44. The summed E-state index contributed by atoms with van der Waals surface area (Å²) in [5, 5.41) is 0. The van der Waals surface area contributed by atoms with Crippen LogP contribution in [0.15, 0.2) is 29.2 Å². The zero-order chi connectivity index (χ0) is 17.8. The Balaban J connectivity index is 2.78. The normalized spacial score (nSPS) is 13.4. The van der Waals surface area contributed by atoms with Gasteiger partial charge in [-0.1, -0.05) is 13.8 Å². The minimum atomic E-state index is -4.65. The van der Waals surface area contributed by atoms with Gasteiger partial charge in [-0.15, -0.1) is 0 Å². The molecule has 130 valence electrons. The number of carbonyl (C=O) groups excluding carboxylic acids is 1. The zero-order valence-corrected chi connectivity index (χ0v) is 14.2. The van der Waals surface area contributed by atoms with E-state index in [2.05, 4.69) is 0 Å². The van der Waals surface area contributed by atoms with Crippen LogP contribution in [0, 0.1) is 5.92 Å². The molecule has 5 nitrogen and oxygen atoms in total. The Kier molecular flexibility index (Phi) is 6.64. The van der Waals surface area contributed by atoms with E-state index in [0.717, 1.165) is 12.1 Å². The molecule has 0 fully saturated rings. The largest absolute Gasteiger partial charge is 0.342 e. The third-order valence-corrected chi connectivity index (χ3v) is 5.06. The molecule has 0 saturated carbocycles. The molecule has 23 heavy (non-hydrogen) atoms. The first-order chi connectivity index (χ1) is 10.6. The summed E-state index contributed by atoms with van der Waals surface area (Å²) in [5.74, 6) is -3.50. The van der Waals surface area contributed by atoms with Crippen molar-refractivity contribution in [1.82, 2.24) is 4.90 Å². The van der Waals surface area contributed by atoms with E-state index in [4.69, 9.17) is 5.73 Å². The zero-order valence-electron chi connectivity index (χ0n) is 13.4. The third-order valence-electron chi connectivity index (χ3n) is 3.67. The number of nitrogens with two attached hydrogens (primary N) is 1. The third kappa shape index (κ3) is 4.97. The fourth-order valence-electron chi connectivity index (χ4n) is 1.89. The lowest BCUT2D eigenvalue weighted by Crippen LogP contribution is -2.34. The molecule has 0 aliphatic carbocycles. The maximum Gasteiger partial charge on any atom is 0.341 e. The van der Waals surface area contributed by atoms with Crippen LogP contribution in [0.1, 0.15) is 30.6 Å². The molecule has 1 rings (SSSR count). The van der Waals surface area contributed by atoms with Gasteiger partial charge in [-0.05, 0) is 36.6 Å². The molecule has 0 aliphatic heterocycles. The topological polar surface area (TPSA) is 80.5 Å². The molecule has 0 aliphatic rings. The Hall–Kier alpha value is -1.54. The van der Waals surface area contributed by atoms with Crippen LogP contribution in [0.25, 0.3) is 0 Å². The quantitative estimate of drug-likeness (QED) is 0.818. The first-order valence-corrected chi connectivity index (χ1v) is 8.75. The molecule has 1 unspecified atom stereocenters. The number of nitrogens with zero attached hydrogens (tertiary/aromatic N) is 1. The van der Waals surface area contributed by atoms with Gasteiger partial charge in [0.25, 0.3) is 5.91 Å². The summed E-state index contributed by atoms with van der Waals surface area (Å²) in [4.78, 5) is 13.2. The van der Waals surface area contributed by atoms with Crippen LogP contribution in [-0.2, 0) is 9.84 Å². The van der Waals surface area contributed by atoms with Crippen molar-refractivity contribution in [2.75, 3.05) is 13.6 Å². The lowest BCUT2D eigenvalue weighted by Gasteiger charge is -2.21. The Morgan fingerprint density at radius 1 is 1.22 bits per heavy atom. The summed E-state index contributed by atoms with van der Waals surface area (Å²) in [5.41, 5.74) is 6.16. The number of amides is 1. The molecular weight excluding hydrogens is 326 g/mol. The minimum absolute atomic E-state index is 0.0242. The monoisotopic (exact) mass is 348 g/mol. The molecular formula is C15H22F2N2O3S. The summed E-state index contributed by atoms with van der Waals surface area (Å²) in [6, 6.07) is 4.47. The van der Waals surface area contributed by atoms with Gasteiger partial charge in [0.1, 0.15) is 0 Å². The molecule has 0 bridgehead atoms. The van der Waals surface area contributed by atoms with Crippen molar-refractivity contribution in [2.45, 2.75) is 37.0 Å². The molecule has 1 aromatic carbocycles. The molecule has 2 N–H and O–H groups in total. The Labute approximate surface area is 135 Å². The summed E-state index contributed by atoms with van der Waals surface area (Å²) in [6.07, 6.45) is 0.637. The van der Waals surface area contributed by atoms with E-state index in [0.29, 0.717) is 18.9 Å². The van der Waals surface area contributed by atoms with Gasteiger partial charge in [0.05, 0.1) is 4.90 Å². The van der Waals surface area contributed by atoms with E-state index in [9.17, 15) is 22.0 Å². The molecule has 1 aromatic rings. The second-order valence-corrected chi connectivity index (χ2v) is 7.67. The molecule has 0 saturated heterocycles. The molecule has 8 heteroatoms. The molecule has 0 heterocycles. The van der Waals surface area contributed by atoms with Gasteiger partial charge in [-0.3, -0.25) is 4.79 Å². The summed E-state index contributed by atoms with van der Waals surface area (Å²) >= 11 is 0. The number of hydrogen-bond donors (Lipinski definition) is 1. The maximum absolute atomic E-state index is 12.5. The number of alkyl halides is 2. The van der Waals surface area contributed by atoms with E-state index >= 15 is 0 Å². The Morgan fingerprint density at radius 3 is 2.17 bits per heavy atom. The highest BCUT2D eigenvalue weighted by Gasteiger charge is 2.26. The number of rotatable bonds is 7. The van der Waals surface area contributed by atoms with Crippen LogP contribution < -0.4 is 5.73 Å². The number of carbonyl (C=O) groups is 1. The average Bonchev–Trinajstić information content (AvgIpc) is 2.51. The van der Waals surface area contributed by atoms with Crippen LogP contribution in [0.5, 0.6) is 0 Å². The molecule has 0 spiro atoms. The van der Waals surface area contributed by atoms with Gasteiger partial charge in [0.15, 0.2) is 0 Å². The van der Waals surface area contributed by atoms with Gasteiger partial charge >= 0.3 is 5.76 Å². The smallest absolute Gasteiger partial charge is 0.341 e. The van der Waals surface area contributed by atoms with Crippen molar-refractivity contribution in [1.29, 1.82) is 0 Å². The standard InChI is InChI=1S/C15H22F2N2O3S/c1-10(2)13(18)8-9-19(3)14(20)11-4-6-12(7-5-11)23(21,22)15(16)17/h4-7,10,13,15H,8-9,18H2,1-3H3. The van der Waals surface area contributed by atoms with Crippen molar-refractivity contribution >= 4 is 15.7 Å². The number of halogens is 2. The number of sulfone groups is 1. The van der Waals surface area contributed by atoms with E-state index < -0.39 is 20.5 Å². The Bertz CT molecular complexity index is 631. The Morgan fingerprint density at radius 2 is 1.74 bits per heavy atom. The average molecular weight is 348 g/mol. The molecule has 1 atom stereocenters. The lowest BCUT2D eigenvalue weighted by atomic mass is 10.0. The number of benzene rings is 1. The van der Waals surface area contributed by atoms with Gasteiger partial charge in [0, 0.05) is 25.2 Å². The highest BCUT2D eigenvalue weighted by molar-refractivity contribution is 7.91. The first kappa shape index (κ1) is 19.5. The van der Waals surface area contributed by atoms with Gasteiger partial charge in [-0.2, -0.15) is 8.78 Å². The molecule has 1 amide bonds. The van der Waals surface area contributed by atoms with Crippen molar-refractivity contribution in [3.05, 3.63) is 29.8 Å².